The van der Waals surface area contributed by atoms with Gasteiger partial charge in [0.05, 0.1) is 39.9 Å². The van der Waals surface area contributed by atoms with Crippen LogP contribution in [0.4, 0.5) is 32.4 Å². The summed E-state index contributed by atoms with van der Waals surface area (Å²) in [7, 11) is -2.63. The number of carbonyl (C=O) groups excluding carboxylic acids is 1. The molecule has 0 fully saturated rings. The van der Waals surface area contributed by atoms with Crippen LogP contribution in [0, 0.1) is 0 Å². The van der Waals surface area contributed by atoms with Crippen LogP contribution in [0.5, 0.6) is 0 Å². The van der Waals surface area contributed by atoms with Crippen LogP contribution >= 0.6 is 0 Å². The lowest BCUT2D eigenvalue weighted by molar-refractivity contribution is -0.191. The summed E-state index contributed by atoms with van der Waals surface area (Å²) in [5, 5.41) is -0.0797. The van der Waals surface area contributed by atoms with Crippen LogP contribution in [0.25, 0.3) is 22.3 Å². The third-order valence-electron chi connectivity index (χ3n) is 5.50. The maximum atomic E-state index is 14.5. The van der Waals surface area contributed by atoms with Gasteiger partial charge >= 0.3 is 18.4 Å². The van der Waals surface area contributed by atoms with Gasteiger partial charge in [0.25, 0.3) is 5.56 Å². The molecule has 1 amide bonds. The van der Waals surface area contributed by atoms with E-state index in [4.69, 9.17) is 4.74 Å². The van der Waals surface area contributed by atoms with Gasteiger partial charge in [-0.3, -0.25) is 24.2 Å². The fourth-order valence-electron chi connectivity index (χ4n) is 3.44. The van der Waals surface area contributed by atoms with Crippen molar-refractivity contribution >= 4 is 32.5 Å². The first-order chi connectivity index (χ1) is 17.9. The van der Waals surface area contributed by atoms with Crippen LogP contribution in [-0.2, 0) is 14.6 Å². The second-order valence-electron chi connectivity index (χ2n) is 9.46. The van der Waals surface area contributed by atoms with Gasteiger partial charge in [-0.2, -0.15) is 8.78 Å². The minimum absolute atomic E-state index is 0.0733. The number of anilines is 1. The van der Waals surface area contributed by atoms with Gasteiger partial charge in [-0.15, -0.1) is 0 Å². The second kappa shape index (κ2) is 10.5. The maximum absolute atomic E-state index is 14.5. The Bertz CT molecular complexity index is 1570. The molecule has 0 aromatic carbocycles. The van der Waals surface area contributed by atoms with Gasteiger partial charge in [-0.05, 0) is 39.0 Å². The molecule has 0 aliphatic rings. The largest absolute Gasteiger partial charge is 0.443 e. The quantitative estimate of drug-likeness (QED) is 0.364. The summed E-state index contributed by atoms with van der Waals surface area (Å²) in [5.74, 6) is -5.53. The number of sulfone groups is 1. The van der Waals surface area contributed by atoms with Crippen molar-refractivity contribution in [3.05, 3.63) is 47.0 Å². The number of halogens is 5. The molecule has 212 valence electrons. The van der Waals surface area contributed by atoms with E-state index in [1.54, 1.807) is 20.8 Å². The van der Waals surface area contributed by atoms with Crippen molar-refractivity contribution in [1.29, 1.82) is 0 Å². The van der Waals surface area contributed by atoms with E-state index in [0.29, 0.717) is 6.07 Å². The van der Waals surface area contributed by atoms with E-state index in [0.717, 1.165) is 23.2 Å². The Kier molecular flexibility index (Phi) is 8.06. The number of hydrogen-bond donors (Lipinski definition) is 0. The zero-order valence-corrected chi connectivity index (χ0v) is 22.3. The molecule has 0 spiro atoms. The van der Waals surface area contributed by atoms with E-state index < -0.39 is 51.3 Å². The van der Waals surface area contributed by atoms with Crippen LogP contribution in [0.1, 0.15) is 34.0 Å². The Hall–Kier alpha value is -3.62. The van der Waals surface area contributed by atoms with Crippen molar-refractivity contribution in [3.63, 3.8) is 0 Å². The highest BCUT2D eigenvalue weighted by Gasteiger charge is 2.51. The van der Waals surface area contributed by atoms with Crippen molar-refractivity contribution in [1.82, 2.24) is 14.5 Å². The molecule has 9 nitrogen and oxygen atoms in total. The molecule has 0 saturated carbocycles. The summed E-state index contributed by atoms with van der Waals surface area (Å²) in [6, 6.07) is 4.15. The molecule has 0 bridgehead atoms. The minimum atomic E-state index is -5.17. The maximum Gasteiger partial charge on any atom is 0.414 e. The van der Waals surface area contributed by atoms with Crippen molar-refractivity contribution in [2.24, 2.45) is 0 Å². The van der Waals surface area contributed by atoms with Crippen molar-refractivity contribution in [2.45, 2.75) is 56.8 Å². The molecule has 0 aliphatic heterocycles. The number of nitrogens with zero attached hydrogens (tertiary/aromatic N) is 4. The van der Waals surface area contributed by atoms with Gasteiger partial charge in [-0.25, -0.2) is 26.4 Å². The molecule has 39 heavy (non-hydrogen) atoms. The molecule has 0 radical (unpaired) electrons. The van der Waals surface area contributed by atoms with Crippen LogP contribution in [0.2, 0.25) is 0 Å². The molecular formula is C24H25F5N4O5S. The third-order valence-corrected chi connectivity index (χ3v) is 7.24. The molecule has 0 saturated heterocycles. The van der Waals surface area contributed by atoms with Crippen molar-refractivity contribution < 1.29 is 39.9 Å². The number of fused-ring (bicyclic) bond motifs is 1. The van der Waals surface area contributed by atoms with E-state index in [9.17, 15) is 40.0 Å². The second-order valence-corrected chi connectivity index (χ2v) is 11.7. The highest BCUT2D eigenvalue weighted by molar-refractivity contribution is 7.91. The smallest absolute Gasteiger partial charge is 0.414 e. The SMILES string of the molecule is CCS(=O)(=O)c1cc(N(C)C(=O)OC(C)(C)C)cnc1-c1cc2ccc(=O)n(C(F)C(F)(F)C(F)F)c2cn1. The molecule has 3 rings (SSSR count). The molecular weight excluding hydrogens is 551 g/mol. The lowest BCUT2D eigenvalue weighted by Gasteiger charge is -2.25. The number of carbonyl (C=O) groups is 1. The molecule has 1 atom stereocenters. The molecule has 1 unspecified atom stereocenters. The Morgan fingerprint density at radius 1 is 1.10 bits per heavy atom. The van der Waals surface area contributed by atoms with Gasteiger partial charge < -0.3 is 4.74 Å². The molecule has 0 aliphatic carbocycles. The summed E-state index contributed by atoms with van der Waals surface area (Å²) in [6.45, 7) is 6.33. The van der Waals surface area contributed by atoms with Gasteiger partial charge in [0.1, 0.15) is 11.3 Å². The number of alkyl halides is 5. The van der Waals surface area contributed by atoms with Crippen molar-refractivity contribution in [2.75, 3.05) is 17.7 Å². The highest BCUT2D eigenvalue weighted by atomic mass is 32.2. The van der Waals surface area contributed by atoms with E-state index in [-0.39, 0.29) is 37.7 Å². The first kappa shape index (κ1) is 29.9. The first-order valence-electron chi connectivity index (χ1n) is 11.4. The number of amides is 1. The lowest BCUT2D eigenvalue weighted by atomic mass is 10.1. The highest BCUT2D eigenvalue weighted by Crippen LogP contribution is 2.37. The number of hydrogen-bond acceptors (Lipinski definition) is 7. The zero-order chi connectivity index (χ0) is 29.5. The standard InChI is InChI=1S/C24H25F5N4O5S/c1-6-39(36,37)17-10-14(32(5)22(35)38-23(2,3)4)11-31-19(17)15-9-13-7-8-18(34)33(16(13)12-30-15)21(27)24(28,29)20(25)26/h7-12,20-21H,6H2,1-5H3. The predicted molar refractivity (Wildman–Crippen MR) is 133 cm³/mol. The molecule has 3 heterocycles. The monoisotopic (exact) mass is 576 g/mol. The Morgan fingerprint density at radius 3 is 2.31 bits per heavy atom. The van der Waals surface area contributed by atoms with E-state index >= 15 is 0 Å². The Balaban J connectivity index is 2.18. The number of ether oxygens (including phenoxy) is 1. The summed E-state index contributed by atoms with van der Waals surface area (Å²) in [4.78, 5) is 33.5. The van der Waals surface area contributed by atoms with E-state index in [1.165, 1.54) is 26.2 Å². The van der Waals surface area contributed by atoms with Crippen LogP contribution in [0.15, 0.2) is 46.3 Å². The summed E-state index contributed by atoms with van der Waals surface area (Å²) >= 11 is 0. The number of aromatic nitrogens is 3. The van der Waals surface area contributed by atoms with Gasteiger partial charge in [0.2, 0.25) is 6.30 Å². The van der Waals surface area contributed by atoms with Gasteiger partial charge in [0.15, 0.2) is 9.84 Å². The average molecular weight is 577 g/mol. The van der Waals surface area contributed by atoms with E-state index in [2.05, 4.69) is 9.97 Å². The molecule has 15 heteroatoms. The molecule has 3 aromatic rings. The normalized spacial score (nSPS) is 13.5. The summed E-state index contributed by atoms with van der Waals surface area (Å²) < 4.78 is 98.5. The predicted octanol–water partition coefficient (Wildman–Crippen LogP) is 4.99. The van der Waals surface area contributed by atoms with Crippen LogP contribution in [0.3, 0.4) is 0 Å². The summed E-state index contributed by atoms with van der Waals surface area (Å²) in [5.41, 5.74) is -2.89. The third kappa shape index (κ3) is 6.02. The van der Waals surface area contributed by atoms with Gasteiger partial charge in [0, 0.05) is 18.5 Å². The minimum Gasteiger partial charge on any atom is -0.443 e. The topological polar surface area (TPSA) is 111 Å². The zero-order valence-electron chi connectivity index (χ0n) is 21.5. The van der Waals surface area contributed by atoms with Crippen LogP contribution < -0.4 is 10.5 Å². The Morgan fingerprint density at radius 2 is 1.74 bits per heavy atom. The van der Waals surface area contributed by atoms with Crippen LogP contribution in [-0.4, -0.2) is 59.8 Å². The lowest BCUT2D eigenvalue weighted by Crippen LogP contribution is -2.39. The first-order valence-corrected chi connectivity index (χ1v) is 13.1. The fraction of sp³-hybridized carbons (Fsp3) is 0.417. The Labute approximate surface area is 220 Å². The number of rotatable bonds is 7. The average Bonchev–Trinajstić information content (AvgIpc) is 2.86. The van der Waals surface area contributed by atoms with E-state index in [1.807, 2.05) is 0 Å². The molecule has 3 aromatic heterocycles. The number of pyridine rings is 3. The van der Waals surface area contributed by atoms with Gasteiger partial charge in [-0.1, -0.05) is 6.92 Å². The summed E-state index contributed by atoms with van der Waals surface area (Å²) in [6.07, 6.45) is -6.89. The fourth-order valence-corrected chi connectivity index (χ4v) is 4.50. The van der Waals surface area contributed by atoms with Crippen molar-refractivity contribution in [3.8, 4) is 11.4 Å². The molecule has 0 N–H and O–H groups in total.